The first-order chi connectivity index (χ1) is 28.3. The summed E-state index contributed by atoms with van der Waals surface area (Å²) in [5.74, 6) is -0.555. The number of ether oxygens (including phenoxy) is 3. The number of rotatable bonds is 15. The van der Waals surface area contributed by atoms with E-state index in [4.69, 9.17) is 14.2 Å². The number of halogens is 2. The van der Waals surface area contributed by atoms with Gasteiger partial charge >= 0.3 is 5.69 Å². The molecule has 2 fully saturated rings. The molecular weight excluding hydrogens is 743 g/mol. The van der Waals surface area contributed by atoms with E-state index in [1.54, 1.807) is 26.6 Å². The van der Waals surface area contributed by atoms with Crippen LogP contribution >= 0.6 is 0 Å². The molecule has 14 heteroatoms. The third kappa shape index (κ3) is 8.53. The molecule has 4 atom stereocenters. The highest BCUT2D eigenvalue weighted by Gasteiger charge is 2.44. The topological polar surface area (TPSA) is 105 Å². The summed E-state index contributed by atoms with van der Waals surface area (Å²) in [4.78, 5) is 22.2. The van der Waals surface area contributed by atoms with Crippen molar-refractivity contribution in [2.24, 2.45) is 5.92 Å². The van der Waals surface area contributed by atoms with E-state index in [1.807, 2.05) is 68.4 Å². The number of aromatic nitrogens is 6. The number of nitrogens with zero attached hydrogens (tertiary/aromatic N) is 8. The van der Waals surface area contributed by atoms with Gasteiger partial charge in [-0.05, 0) is 79.9 Å². The second-order valence-corrected chi connectivity index (χ2v) is 15.1. The fraction of sp³-hybridized carbons (Fsp3) is 0.364. The largest absolute Gasteiger partial charge is 0.493 e. The van der Waals surface area contributed by atoms with Crippen LogP contribution in [0, 0.1) is 17.6 Å². The monoisotopic (exact) mass is 790 g/mol. The molecule has 0 radical (unpaired) electrons. The molecule has 2 aliphatic rings. The highest BCUT2D eigenvalue weighted by molar-refractivity contribution is 5.54. The van der Waals surface area contributed by atoms with Crippen LogP contribution in [0.1, 0.15) is 43.9 Å². The first-order valence-corrected chi connectivity index (χ1v) is 19.9. The minimum Gasteiger partial charge on any atom is -0.493 e. The summed E-state index contributed by atoms with van der Waals surface area (Å²) >= 11 is 0. The Kier molecular flexibility index (Phi) is 11.6. The molecule has 58 heavy (non-hydrogen) atoms. The summed E-state index contributed by atoms with van der Waals surface area (Å²) < 4.78 is 52.1. The number of anilines is 2. The van der Waals surface area contributed by atoms with Crippen LogP contribution < -0.4 is 20.2 Å². The van der Waals surface area contributed by atoms with Crippen LogP contribution in [0.3, 0.4) is 0 Å². The number of hydrogen-bond donors (Lipinski definition) is 0. The standard InChI is InChI=1S/C44H48F2N8O4/c1-3-42(32(2)56-25-33-7-5-4-6-8-33)54-43(55)53(31-49-54)38-12-10-36(11-13-38)50-19-21-51(22-20-50)37-14-16-39(17-15-37)57-26-34-24-44(58-27-34,28-52-30-47-29-48-52)40-18-9-35(45)23-41(40)46/h4-18,23,29-32,34,42H,3,19-22,24-28H2,1-2H3/t32-,34-,42-,44+/m0/s1. The van der Waals surface area contributed by atoms with Crippen molar-refractivity contribution < 1.29 is 23.0 Å². The molecule has 2 aromatic heterocycles. The van der Waals surface area contributed by atoms with Gasteiger partial charge < -0.3 is 24.0 Å². The SMILES string of the molecule is CC[C@@H]([C@H](C)OCc1ccccc1)n1ncn(-c2ccc(N3CCN(c4ccc(OC[C@H]5CO[C@](Cn6cncn6)(c6ccc(F)cc6F)C5)cc4)CC3)cc2)c1=O. The second kappa shape index (κ2) is 17.3. The Labute approximate surface area is 336 Å². The van der Waals surface area contributed by atoms with Crippen LogP contribution in [0.25, 0.3) is 5.69 Å². The summed E-state index contributed by atoms with van der Waals surface area (Å²) in [5.41, 5.74) is 3.16. The first-order valence-electron chi connectivity index (χ1n) is 19.9. The fourth-order valence-electron chi connectivity index (χ4n) is 8.14. The van der Waals surface area contributed by atoms with Crippen molar-refractivity contribution in [3.8, 4) is 11.4 Å². The lowest BCUT2D eigenvalue weighted by Crippen LogP contribution is -2.46. The molecule has 0 N–H and O–H groups in total. The lowest BCUT2D eigenvalue weighted by molar-refractivity contribution is -0.0206. The van der Waals surface area contributed by atoms with Gasteiger partial charge in [-0.1, -0.05) is 43.3 Å². The smallest absolute Gasteiger partial charge is 0.350 e. The van der Waals surface area contributed by atoms with E-state index in [2.05, 4.69) is 49.2 Å². The zero-order valence-corrected chi connectivity index (χ0v) is 32.7. The van der Waals surface area contributed by atoms with E-state index in [9.17, 15) is 9.18 Å². The minimum atomic E-state index is -1.02. The zero-order chi connectivity index (χ0) is 40.1. The van der Waals surface area contributed by atoms with Crippen molar-refractivity contribution in [3.63, 3.8) is 0 Å². The van der Waals surface area contributed by atoms with Gasteiger partial charge in [0.05, 0.1) is 44.2 Å². The maximum Gasteiger partial charge on any atom is 0.350 e. The average molecular weight is 791 g/mol. The van der Waals surface area contributed by atoms with Gasteiger partial charge in [-0.3, -0.25) is 0 Å². The number of hydrogen-bond acceptors (Lipinski definition) is 9. The van der Waals surface area contributed by atoms with Crippen LogP contribution in [0.2, 0.25) is 0 Å². The van der Waals surface area contributed by atoms with Gasteiger partial charge in [-0.2, -0.15) is 10.2 Å². The lowest BCUT2D eigenvalue weighted by atomic mass is 9.87. The molecule has 0 spiro atoms. The summed E-state index contributed by atoms with van der Waals surface area (Å²) in [7, 11) is 0. The van der Waals surface area contributed by atoms with Crippen LogP contribution in [-0.2, 0) is 28.2 Å². The number of piperazine rings is 1. The first kappa shape index (κ1) is 39.0. The Balaban J connectivity index is 0.828. The van der Waals surface area contributed by atoms with Gasteiger partial charge in [-0.15, -0.1) is 0 Å². The van der Waals surface area contributed by atoms with Crippen LogP contribution in [-0.4, -0.2) is 74.6 Å². The van der Waals surface area contributed by atoms with Crippen molar-refractivity contribution in [2.45, 2.75) is 57.6 Å². The third-order valence-electron chi connectivity index (χ3n) is 11.3. The minimum absolute atomic E-state index is 0.0128. The van der Waals surface area contributed by atoms with E-state index < -0.39 is 17.2 Å². The number of benzene rings is 4. The van der Waals surface area contributed by atoms with Crippen molar-refractivity contribution in [3.05, 3.63) is 149 Å². The predicted molar refractivity (Wildman–Crippen MR) is 216 cm³/mol. The Bertz CT molecular complexity index is 2300. The van der Waals surface area contributed by atoms with Gasteiger partial charge in [-0.25, -0.2) is 32.5 Å². The van der Waals surface area contributed by atoms with Gasteiger partial charge in [0.2, 0.25) is 0 Å². The molecule has 8 rings (SSSR count). The highest BCUT2D eigenvalue weighted by Crippen LogP contribution is 2.42. The summed E-state index contributed by atoms with van der Waals surface area (Å²) in [6, 6.07) is 29.6. The van der Waals surface area contributed by atoms with Crippen molar-refractivity contribution in [1.82, 2.24) is 29.1 Å². The Morgan fingerprint density at radius 2 is 1.55 bits per heavy atom. The van der Waals surface area contributed by atoms with Gasteiger partial charge in [0, 0.05) is 55.1 Å². The summed E-state index contributed by atoms with van der Waals surface area (Å²) in [6.07, 6.45) is 5.57. The fourth-order valence-corrected chi connectivity index (χ4v) is 8.14. The normalized spacial score (nSPS) is 19.3. The lowest BCUT2D eigenvalue weighted by Gasteiger charge is -2.37. The molecule has 6 aromatic rings. The molecule has 2 aliphatic heterocycles. The molecule has 302 valence electrons. The Morgan fingerprint density at radius 3 is 2.21 bits per heavy atom. The predicted octanol–water partition coefficient (Wildman–Crippen LogP) is 6.80. The summed E-state index contributed by atoms with van der Waals surface area (Å²) in [5, 5.41) is 8.68. The van der Waals surface area contributed by atoms with E-state index in [1.165, 1.54) is 18.5 Å². The summed E-state index contributed by atoms with van der Waals surface area (Å²) in [6.45, 7) is 8.91. The van der Waals surface area contributed by atoms with Crippen molar-refractivity contribution >= 4 is 11.4 Å². The van der Waals surface area contributed by atoms with Gasteiger partial charge in [0.1, 0.15) is 42.0 Å². The Morgan fingerprint density at radius 1 is 0.862 bits per heavy atom. The zero-order valence-electron chi connectivity index (χ0n) is 32.7. The molecule has 0 aliphatic carbocycles. The van der Waals surface area contributed by atoms with Crippen LogP contribution in [0.4, 0.5) is 20.2 Å². The van der Waals surface area contributed by atoms with Crippen molar-refractivity contribution in [1.29, 1.82) is 0 Å². The molecule has 0 saturated carbocycles. The van der Waals surface area contributed by atoms with Crippen LogP contribution in [0.5, 0.6) is 5.75 Å². The molecule has 0 amide bonds. The molecular formula is C44H48F2N8O4. The van der Waals surface area contributed by atoms with E-state index in [0.29, 0.717) is 38.2 Å². The molecule has 0 unspecified atom stereocenters. The van der Waals surface area contributed by atoms with Gasteiger partial charge in [0.15, 0.2) is 0 Å². The maximum atomic E-state index is 15.0. The average Bonchev–Trinajstić information content (AvgIpc) is 4.02. The van der Waals surface area contributed by atoms with Crippen LogP contribution in [0.15, 0.2) is 121 Å². The molecule has 12 nitrogen and oxygen atoms in total. The maximum absolute atomic E-state index is 15.0. The quantitative estimate of drug-likeness (QED) is 0.111. The second-order valence-electron chi connectivity index (χ2n) is 15.1. The van der Waals surface area contributed by atoms with Gasteiger partial charge in [0.25, 0.3) is 0 Å². The van der Waals surface area contributed by atoms with E-state index >= 15 is 4.39 Å². The molecule has 0 bridgehead atoms. The van der Waals surface area contributed by atoms with E-state index in [-0.39, 0.29) is 30.3 Å². The molecule has 4 aromatic carbocycles. The Hall–Kier alpha value is -5.86. The molecule has 2 saturated heterocycles. The third-order valence-corrected chi connectivity index (χ3v) is 11.3. The van der Waals surface area contributed by atoms with E-state index in [0.717, 1.165) is 60.6 Å². The highest BCUT2D eigenvalue weighted by atomic mass is 19.1. The molecule has 4 heterocycles. The van der Waals surface area contributed by atoms with Crippen molar-refractivity contribution in [2.75, 3.05) is 49.2 Å².